The van der Waals surface area contributed by atoms with Crippen molar-refractivity contribution in [3.63, 3.8) is 0 Å². The SMILES string of the molecule is CCC(CC(=O)O)Nc1nccc2occc12. The van der Waals surface area contributed by atoms with Crippen molar-refractivity contribution < 1.29 is 14.3 Å². The van der Waals surface area contributed by atoms with E-state index in [0.717, 1.165) is 17.4 Å². The topological polar surface area (TPSA) is 75.4 Å². The molecule has 0 spiro atoms. The Morgan fingerprint density at radius 3 is 3.12 bits per heavy atom. The molecule has 0 aliphatic rings. The van der Waals surface area contributed by atoms with Crippen molar-refractivity contribution in [2.24, 2.45) is 0 Å². The smallest absolute Gasteiger partial charge is 0.305 e. The fraction of sp³-hybridized carbons (Fsp3) is 0.333. The molecule has 0 aromatic carbocycles. The fourth-order valence-corrected chi connectivity index (χ4v) is 1.71. The van der Waals surface area contributed by atoms with Gasteiger partial charge in [-0.2, -0.15) is 0 Å². The maximum atomic E-state index is 10.7. The van der Waals surface area contributed by atoms with E-state index in [1.807, 2.05) is 13.0 Å². The number of fused-ring (bicyclic) bond motifs is 1. The van der Waals surface area contributed by atoms with E-state index in [9.17, 15) is 4.79 Å². The van der Waals surface area contributed by atoms with E-state index in [-0.39, 0.29) is 12.5 Å². The van der Waals surface area contributed by atoms with Gasteiger partial charge in [-0.25, -0.2) is 4.98 Å². The summed E-state index contributed by atoms with van der Waals surface area (Å²) >= 11 is 0. The number of hydrogen-bond donors (Lipinski definition) is 2. The third-order valence-electron chi connectivity index (χ3n) is 2.63. The number of anilines is 1. The number of rotatable bonds is 5. The van der Waals surface area contributed by atoms with Crippen molar-refractivity contribution in [2.75, 3.05) is 5.32 Å². The molecule has 0 saturated carbocycles. The Morgan fingerprint density at radius 2 is 2.41 bits per heavy atom. The fourth-order valence-electron chi connectivity index (χ4n) is 1.71. The molecule has 2 N–H and O–H groups in total. The summed E-state index contributed by atoms with van der Waals surface area (Å²) in [6.45, 7) is 1.94. The number of hydrogen-bond acceptors (Lipinski definition) is 4. The number of carboxylic acids is 1. The minimum absolute atomic E-state index is 0.0758. The van der Waals surface area contributed by atoms with E-state index in [1.165, 1.54) is 0 Å². The van der Waals surface area contributed by atoms with Crippen LogP contribution in [0.1, 0.15) is 19.8 Å². The van der Waals surface area contributed by atoms with Crippen molar-refractivity contribution in [1.29, 1.82) is 0 Å². The first-order valence-electron chi connectivity index (χ1n) is 5.51. The predicted molar refractivity (Wildman–Crippen MR) is 64.0 cm³/mol. The molecule has 5 heteroatoms. The molecule has 90 valence electrons. The van der Waals surface area contributed by atoms with Crippen LogP contribution in [0.25, 0.3) is 11.0 Å². The first-order valence-corrected chi connectivity index (χ1v) is 5.51. The molecule has 0 fully saturated rings. The van der Waals surface area contributed by atoms with Crippen LogP contribution >= 0.6 is 0 Å². The van der Waals surface area contributed by atoms with Gasteiger partial charge >= 0.3 is 5.97 Å². The summed E-state index contributed by atoms with van der Waals surface area (Å²) in [6, 6.07) is 3.47. The van der Waals surface area contributed by atoms with Gasteiger partial charge in [0.2, 0.25) is 0 Å². The van der Waals surface area contributed by atoms with Crippen LogP contribution < -0.4 is 5.32 Å². The van der Waals surface area contributed by atoms with Gasteiger partial charge in [0.05, 0.1) is 18.1 Å². The number of carboxylic acid groups (broad SMARTS) is 1. The van der Waals surface area contributed by atoms with Crippen LogP contribution in [0.2, 0.25) is 0 Å². The minimum atomic E-state index is -0.816. The van der Waals surface area contributed by atoms with Crippen molar-refractivity contribution in [3.05, 3.63) is 24.6 Å². The third kappa shape index (κ3) is 2.55. The third-order valence-corrected chi connectivity index (χ3v) is 2.63. The highest BCUT2D eigenvalue weighted by molar-refractivity contribution is 5.88. The summed E-state index contributed by atoms with van der Waals surface area (Å²) in [5.41, 5.74) is 0.743. The normalized spacial score (nSPS) is 12.5. The van der Waals surface area contributed by atoms with Crippen LogP contribution in [0.4, 0.5) is 5.82 Å². The number of furan rings is 1. The molecule has 2 heterocycles. The van der Waals surface area contributed by atoms with Crippen molar-refractivity contribution in [2.45, 2.75) is 25.8 Å². The second kappa shape index (κ2) is 4.86. The highest BCUT2D eigenvalue weighted by Crippen LogP contribution is 2.23. The highest BCUT2D eigenvalue weighted by atomic mass is 16.4. The molecular weight excluding hydrogens is 220 g/mol. The van der Waals surface area contributed by atoms with Crippen LogP contribution in [0.5, 0.6) is 0 Å². The van der Waals surface area contributed by atoms with Gasteiger partial charge in [-0.3, -0.25) is 4.79 Å². The summed E-state index contributed by atoms with van der Waals surface area (Å²) in [5, 5.41) is 12.8. The minimum Gasteiger partial charge on any atom is -0.481 e. The van der Waals surface area contributed by atoms with Gasteiger partial charge in [-0.15, -0.1) is 0 Å². The van der Waals surface area contributed by atoms with Crippen LogP contribution in [0, 0.1) is 0 Å². The lowest BCUT2D eigenvalue weighted by atomic mass is 10.1. The lowest BCUT2D eigenvalue weighted by Crippen LogP contribution is -2.22. The van der Waals surface area contributed by atoms with E-state index in [1.54, 1.807) is 18.5 Å². The summed E-state index contributed by atoms with van der Waals surface area (Å²) in [6.07, 6.45) is 4.03. The zero-order valence-electron chi connectivity index (χ0n) is 9.51. The number of aliphatic carboxylic acids is 1. The Kier molecular flexibility index (Phi) is 3.27. The van der Waals surface area contributed by atoms with Gasteiger partial charge in [-0.1, -0.05) is 6.92 Å². The van der Waals surface area contributed by atoms with E-state index in [0.29, 0.717) is 5.82 Å². The molecule has 1 unspecified atom stereocenters. The first kappa shape index (κ1) is 11.4. The number of carbonyl (C=O) groups is 1. The van der Waals surface area contributed by atoms with E-state index >= 15 is 0 Å². The van der Waals surface area contributed by atoms with E-state index in [2.05, 4.69) is 10.3 Å². The Hall–Kier alpha value is -2.04. The van der Waals surface area contributed by atoms with E-state index < -0.39 is 5.97 Å². The van der Waals surface area contributed by atoms with Crippen molar-refractivity contribution in [3.8, 4) is 0 Å². The molecular formula is C12H14N2O3. The summed E-state index contributed by atoms with van der Waals surface area (Å²) < 4.78 is 5.26. The van der Waals surface area contributed by atoms with Crippen molar-refractivity contribution in [1.82, 2.24) is 4.98 Å². The largest absolute Gasteiger partial charge is 0.481 e. The molecule has 0 bridgehead atoms. The molecule has 0 saturated heterocycles. The number of aromatic nitrogens is 1. The van der Waals surface area contributed by atoms with Crippen LogP contribution in [0.15, 0.2) is 29.0 Å². The van der Waals surface area contributed by atoms with Crippen LogP contribution in [-0.2, 0) is 4.79 Å². The second-order valence-electron chi connectivity index (χ2n) is 3.84. The lowest BCUT2D eigenvalue weighted by molar-refractivity contribution is -0.137. The van der Waals surface area contributed by atoms with Gasteiger partial charge in [0, 0.05) is 12.2 Å². The molecule has 0 radical (unpaired) electrons. The number of nitrogens with zero attached hydrogens (tertiary/aromatic N) is 1. The zero-order valence-corrected chi connectivity index (χ0v) is 9.51. The molecule has 1 atom stereocenters. The molecule has 2 aromatic heterocycles. The van der Waals surface area contributed by atoms with Gasteiger partial charge in [0.15, 0.2) is 0 Å². The summed E-state index contributed by atoms with van der Waals surface area (Å²) in [4.78, 5) is 14.9. The molecule has 2 rings (SSSR count). The molecule has 0 aliphatic carbocycles. The van der Waals surface area contributed by atoms with Gasteiger partial charge in [-0.05, 0) is 18.6 Å². The average molecular weight is 234 g/mol. The standard InChI is InChI=1S/C12H14N2O3/c1-2-8(7-11(15)16)14-12-9-4-6-17-10(9)3-5-13-12/h3-6,8H,2,7H2,1H3,(H,13,14)(H,15,16). The van der Waals surface area contributed by atoms with Gasteiger partial charge in [0.25, 0.3) is 0 Å². The summed E-state index contributed by atoms with van der Waals surface area (Å²) in [5.74, 6) is -0.145. The Labute approximate surface area is 98.5 Å². The van der Waals surface area contributed by atoms with Crippen LogP contribution in [0.3, 0.4) is 0 Å². The van der Waals surface area contributed by atoms with Gasteiger partial charge in [0.1, 0.15) is 11.4 Å². The lowest BCUT2D eigenvalue weighted by Gasteiger charge is -2.15. The summed E-state index contributed by atoms with van der Waals surface area (Å²) in [7, 11) is 0. The molecule has 0 amide bonds. The van der Waals surface area contributed by atoms with Gasteiger partial charge < -0.3 is 14.8 Å². The number of pyridine rings is 1. The Morgan fingerprint density at radius 1 is 1.59 bits per heavy atom. The Balaban J connectivity index is 2.21. The monoisotopic (exact) mass is 234 g/mol. The highest BCUT2D eigenvalue weighted by Gasteiger charge is 2.13. The quantitative estimate of drug-likeness (QED) is 0.831. The maximum Gasteiger partial charge on any atom is 0.305 e. The predicted octanol–water partition coefficient (Wildman–Crippen LogP) is 2.49. The Bertz CT molecular complexity index is 521. The number of nitrogens with one attached hydrogen (secondary N) is 1. The van der Waals surface area contributed by atoms with Crippen molar-refractivity contribution >= 4 is 22.8 Å². The van der Waals surface area contributed by atoms with E-state index in [4.69, 9.17) is 9.52 Å². The maximum absolute atomic E-state index is 10.7. The second-order valence-corrected chi connectivity index (χ2v) is 3.84. The molecule has 2 aromatic rings. The molecule has 17 heavy (non-hydrogen) atoms. The average Bonchev–Trinajstić information content (AvgIpc) is 2.76. The molecule has 5 nitrogen and oxygen atoms in total. The first-order chi connectivity index (χ1) is 8.20. The zero-order chi connectivity index (χ0) is 12.3. The molecule has 0 aliphatic heterocycles. The van der Waals surface area contributed by atoms with Crippen LogP contribution in [-0.4, -0.2) is 22.1 Å².